The van der Waals surface area contributed by atoms with Crippen LogP contribution in [0.25, 0.3) is 0 Å². The van der Waals surface area contributed by atoms with Crippen LogP contribution in [0.3, 0.4) is 0 Å². The minimum atomic E-state index is -5.33. The predicted molar refractivity (Wildman–Crippen MR) is 47.2 cm³/mol. The zero-order valence-corrected chi connectivity index (χ0v) is 9.09. The SMILES string of the molecule is COC(=O)c1c(F)cc(C(F)F)nc1OC(F)(F)F. The zero-order valence-electron chi connectivity index (χ0n) is 9.09. The van der Waals surface area contributed by atoms with E-state index < -0.39 is 41.7 Å². The Morgan fingerprint density at radius 1 is 1.37 bits per heavy atom. The second kappa shape index (κ2) is 5.33. The van der Waals surface area contributed by atoms with Gasteiger partial charge in [-0.15, -0.1) is 13.2 Å². The molecule has 0 spiro atoms. The van der Waals surface area contributed by atoms with Gasteiger partial charge in [0.05, 0.1) is 7.11 Å². The first-order valence-corrected chi connectivity index (χ1v) is 4.48. The van der Waals surface area contributed by atoms with Crippen molar-refractivity contribution >= 4 is 5.97 Å². The van der Waals surface area contributed by atoms with Crippen LogP contribution in [0.1, 0.15) is 22.5 Å². The molecule has 0 saturated carbocycles. The van der Waals surface area contributed by atoms with Crippen molar-refractivity contribution in [2.45, 2.75) is 12.8 Å². The topological polar surface area (TPSA) is 48.4 Å². The summed E-state index contributed by atoms with van der Waals surface area (Å²) < 4.78 is 81.3. The van der Waals surface area contributed by atoms with Gasteiger partial charge in [-0.1, -0.05) is 0 Å². The number of rotatable bonds is 3. The highest BCUT2D eigenvalue weighted by atomic mass is 19.4. The Balaban J connectivity index is 3.40. The van der Waals surface area contributed by atoms with Crippen molar-refractivity contribution in [1.82, 2.24) is 4.98 Å². The Hall–Kier alpha value is -2.00. The van der Waals surface area contributed by atoms with Crippen LogP contribution in [-0.4, -0.2) is 24.4 Å². The molecule has 0 atom stereocenters. The molecule has 0 N–H and O–H groups in total. The summed E-state index contributed by atoms with van der Waals surface area (Å²) in [5.74, 6) is -4.82. The van der Waals surface area contributed by atoms with Gasteiger partial charge in [0.15, 0.2) is 5.56 Å². The van der Waals surface area contributed by atoms with Crippen LogP contribution >= 0.6 is 0 Å². The number of esters is 1. The van der Waals surface area contributed by atoms with Crippen molar-refractivity contribution in [3.8, 4) is 5.88 Å². The first kappa shape index (κ1) is 15.1. The van der Waals surface area contributed by atoms with Gasteiger partial charge in [0.25, 0.3) is 6.43 Å². The maximum Gasteiger partial charge on any atom is 0.574 e. The first-order chi connectivity index (χ1) is 8.65. The first-order valence-electron chi connectivity index (χ1n) is 4.48. The molecule has 106 valence electrons. The van der Waals surface area contributed by atoms with Crippen molar-refractivity contribution in [1.29, 1.82) is 0 Å². The van der Waals surface area contributed by atoms with Gasteiger partial charge in [0, 0.05) is 6.07 Å². The summed E-state index contributed by atoms with van der Waals surface area (Å²) in [6, 6.07) is 0.125. The number of pyridine rings is 1. The molecular formula is C9H5F6NO3. The van der Waals surface area contributed by atoms with E-state index in [0.29, 0.717) is 0 Å². The molecular weight excluding hydrogens is 284 g/mol. The number of halogens is 6. The molecule has 0 bridgehead atoms. The molecule has 0 fully saturated rings. The van der Waals surface area contributed by atoms with E-state index in [1.165, 1.54) is 0 Å². The van der Waals surface area contributed by atoms with Gasteiger partial charge in [0.2, 0.25) is 5.88 Å². The molecule has 0 saturated heterocycles. The number of ether oxygens (including phenoxy) is 2. The van der Waals surface area contributed by atoms with Gasteiger partial charge < -0.3 is 9.47 Å². The van der Waals surface area contributed by atoms with E-state index in [4.69, 9.17) is 0 Å². The number of nitrogens with zero attached hydrogens (tertiary/aromatic N) is 1. The van der Waals surface area contributed by atoms with Gasteiger partial charge >= 0.3 is 12.3 Å². The molecule has 4 nitrogen and oxygen atoms in total. The van der Waals surface area contributed by atoms with Crippen LogP contribution in [0, 0.1) is 5.82 Å². The molecule has 1 aromatic rings. The Kier molecular flexibility index (Phi) is 4.22. The van der Waals surface area contributed by atoms with Crippen molar-refractivity contribution in [3.63, 3.8) is 0 Å². The highest BCUT2D eigenvalue weighted by molar-refractivity contribution is 5.92. The molecule has 0 aliphatic heterocycles. The number of alkyl halides is 5. The van der Waals surface area contributed by atoms with Crippen LogP contribution in [0.2, 0.25) is 0 Å². The van der Waals surface area contributed by atoms with Crippen molar-refractivity contribution in [3.05, 3.63) is 23.1 Å². The fourth-order valence-electron chi connectivity index (χ4n) is 1.09. The second-order valence-electron chi connectivity index (χ2n) is 3.05. The minimum Gasteiger partial charge on any atom is -0.465 e. The summed E-state index contributed by atoms with van der Waals surface area (Å²) in [6.45, 7) is 0. The molecule has 1 aromatic heterocycles. The summed E-state index contributed by atoms with van der Waals surface area (Å²) >= 11 is 0. The molecule has 10 heteroatoms. The highest BCUT2D eigenvalue weighted by Gasteiger charge is 2.36. The molecule has 0 aliphatic rings. The fraction of sp³-hybridized carbons (Fsp3) is 0.333. The highest BCUT2D eigenvalue weighted by Crippen LogP contribution is 2.30. The maximum absolute atomic E-state index is 13.4. The average Bonchev–Trinajstić information content (AvgIpc) is 2.25. The maximum atomic E-state index is 13.4. The Bertz CT molecular complexity index is 488. The summed E-state index contributed by atoms with van der Waals surface area (Å²) in [5, 5.41) is 0. The third-order valence-corrected chi connectivity index (χ3v) is 1.78. The third-order valence-electron chi connectivity index (χ3n) is 1.78. The lowest BCUT2D eigenvalue weighted by molar-refractivity contribution is -0.276. The monoisotopic (exact) mass is 289 g/mol. The van der Waals surface area contributed by atoms with E-state index in [2.05, 4.69) is 14.5 Å². The molecule has 0 unspecified atom stereocenters. The Labute approximate surface area is 101 Å². The lowest BCUT2D eigenvalue weighted by Gasteiger charge is -2.13. The van der Waals surface area contributed by atoms with Crippen molar-refractivity contribution in [2.75, 3.05) is 7.11 Å². The summed E-state index contributed by atoms with van der Waals surface area (Å²) in [7, 11) is 0.764. The zero-order chi connectivity index (χ0) is 14.8. The van der Waals surface area contributed by atoms with Crippen molar-refractivity contribution in [2.24, 2.45) is 0 Å². The molecule has 0 radical (unpaired) electrons. The van der Waals surface area contributed by atoms with E-state index in [1.807, 2.05) is 0 Å². The smallest absolute Gasteiger partial charge is 0.465 e. The summed E-state index contributed by atoms with van der Waals surface area (Å²) in [4.78, 5) is 13.8. The minimum absolute atomic E-state index is 0.125. The number of aromatic nitrogens is 1. The standard InChI is InChI=1S/C9H5F6NO3/c1-18-8(17)5-3(10)2-4(6(11)12)16-7(5)19-9(13,14)15/h2,6H,1H3. The van der Waals surface area contributed by atoms with Crippen LogP contribution in [-0.2, 0) is 4.74 Å². The van der Waals surface area contributed by atoms with Gasteiger partial charge in [-0.25, -0.2) is 22.9 Å². The van der Waals surface area contributed by atoms with Crippen LogP contribution < -0.4 is 4.74 Å². The number of hydrogen-bond donors (Lipinski definition) is 0. The van der Waals surface area contributed by atoms with Crippen LogP contribution in [0.5, 0.6) is 5.88 Å². The van der Waals surface area contributed by atoms with E-state index in [9.17, 15) is 31.1 Å². The lowest BCUT2D eigenvalue weighted by Crippen LogP contribution is -2.21. The number of carbonyl (C=O) groups excluding carboxylic acids is 1. The van der Waals surface area contributed by atoms with Crippen molar-refractivity contribution < 1.29 is 40.6 Å². The van der Waals surface area contributed by atoms with Gasteiger partial charge in [0.1, 0.15) is 11.5 Å². The predicted octanol–water partition coefficient (Wildman–Crippen LogP) is 2.84. The molecule has 19 heavy (non-hydrogen) atoms. The van der Waals surface area contributed by atoms with Crippen LogP contribution in [0.15, 0.2) is 6.07 Å². The normalized spacial score (nSPS) is 11.6. The molecule has 0 amide bonds. The van der Waals surface area contributed by atoms with E-state index in [0.717, 1.165) is 7.11 Å². The Morgan fingerprint density at radius 3 is 2.37 bits per heavy atom. The molecule has 1 heterocycles. The van der Waals surface area contributed by atoms with E-state index >= 15 is 0 Å². The quantitative estimate of drug-likeness (QED) is 0.634. The second-order valence-corrected chi connectivity index (χ2v) is 3.05. The van der Waals surface area contributed by atoms with Gasteiger partial charge in [-0.05, 0) is 0 Å². The molecule has 1 rings (SSSR count). The number of carbonyl (C=O) groups is 1. The number of hydrogen-bond acceptors (Lipinski definition) is 4. The van der Waals surface area contributed by atoms with Gasteiger partial charge in [-0.3, -0.25) is 0 Å². The largest absolute Gasteiger partial charge is 0.574 e. The van der Waals surface area contributed by atoms with Gasteiger partial charge in [-0.2, -0.15) is 0 Å². The average molecular weight is 289 g/mol. The van der Waals surface area contributed by atoms with Crippen LogP contribution in [0.4, 0.5) is 26.3 Å². The summed E-state index contributed by atoms with van der Waals surface area (Å²) in [6.07, 6.45) is -8.67. The fourth-order valence-corrected chi connectivity index (χ4v) is 1.09. The Morgan fingerprint density at radius 2 is 1.95 bits per heavy atom. The number of methoxy groups -OCH3 is 1. The molecule has 0 aromatic carbocycles. The van der Waals surface area contributed by atoms with E-state index in [1.54, 1.807) is 0 Å². The summed E-state index contributed by atoms with van der Waals surface area (Å²) in [5.41, 5.74) is -2.62. The van der Waals surface area contributed by atoms with E-state index in [-0.39, 0.29) is 6.07 Å². The molecule has 0 aliphatic carbocycles. The lowest BCUT2D eigenvalue weighted by atomic mass is 10.2. The third kappa shape index (κ3) is 3.73.